The number of hydrogen-bond acceptors (Lipinski definition) is 7. The third-order valence-corrected chi connectivity index (χ3v) is 6.31. The molecule has 2 saturated heterocycles. The Morgan fingerprint density at radius 2 is 1.91 bits per heavy atom. The Morgan fingerprint density at radius 1 is 1.16 bits per heavy atom. The Bertz CT molecular complexity index is 1050. The van der Waals surface area contributed by atoms with Crippen LogP contribution in [0.5, 0.6) is 11.5 Å². The topological polar surface area (TPSA) is 68.3 Å². The van der Waals surface area contributed by atoms with Gasteiger partial charge >= 0.3 is 0 Å². The number of benzene rings is 2. The van der Waals surface area contributed by atoms with E-state index in [-0.39, 0.29) is 18.4 Å². The van der Waals surface area contributed by atoms with Gasteiger partial charge in [-0.3, -0.25) is 14.5 Å². The van der Waals surface area contributed by atoms with Crippen LogP contribution < -0.4 is 14.4 Å². The number of para-hydroxylation sites is 1. The number of hydrogen-bond donors (Lipinski definition) is 0. The number of nitrogens with zero attached hydrogens (tertiary/aromatic N) is 2. The summed E-state index contributed by atoms with van der Waals surface area (Å²) >= 11 is 6.67. The highest BCUT2D eigenvalue weighted by molar-refractivity contribution is 8.27. The van der Waals surface area contributed by atoms with Crippen LogP contribution in [0.2, 0.25) is 0 Å². The molecular formula is C23H22N2O5S2. The SMILES string of the molecule is COc1cc(C=C2SC(=S)N(c3ccccc3)C2=O)ccc1OCC(=O)N1CCOCC1. The van der Waals surface area contributed by atoms with Gasteiger partial charge in [-0.2, -0.15) is 0 Å². The molecule has 0 aromatic heterocycles. The van der Waals surface area contributed by atoms with E-state index in [2.05, 4.69) is 0 Å². The lowest BCUT2D eigenvalue weighted by molar-refractivity contribution is -0.137. The lowest BCUT2D eigenvalue weighted by Crippen LogP contribution is -2.43. The first-order chi connectivity index (χ1) is 15.6. The van der Waals surface area contributed by atoms with Crippen LogP contribution in [-0.4, -0.2) is 61.1 Å². The molecule has 0 bridgehead atoms. The van der Waals surface area contributed by atoms with E-state index in [0.29, 0.717) is 47.0 Å². The molecule has 9 heteroatoms. The van der Waals surface area contributed by atoms with Crippen molar-refractivity contribution in [2.24, 2.45) is 0 Å². The number of thioether (sulfide) groups is 1. The number of carbonyl (C=O) groups is 2. The van der Waals surface area contributed by atoms with Crippen LogP contribution in [-0.2, 0) is 14.3 Å². The molecule has 0 N–H and O–H groups in total. The molecule has 2 aliphatic heterocycles. The molecule has 0 unspecified atom stereocenters. The maximum Gasteiger partial charge on any atom is 0.270 e. The van der Waals surface area contributed by atoms with E-state index in [1.54, 1.807) is 23.1 Å². The second-order valence-corrected chi connectivity index (χ2v) is 8.72. The molecule has 166 valence electrons. The number of rotatable bonds is 6. The maximum absolute atomic E-state index is 12.9. The van der Waals surface area contributed by atoms with Gasteiger partial charge in [0.15, 0.2) is 22.4 Å². The van der Waals surface area contributed by atoms with Gasteiger partial charge in [0.25, 0.3) is 11.8 Å². The smallest absolute Gasteiger partial charge is 0.270 e. The molecule has 32 heavy (non-hydrogen) atoms. The fourth-order valence-electron chi connectivity index (χ4n) is 3.36. The highest BCUT2D eigenvalue weighted by Gasteiger charge is 2.33. The number of morpholine rings is 1. The fraction of sp³-hybridized carbons (Fsp3) is 0.261. The van der Waals surface area contributed by atoms with E-state index in [4.69, 9.17) is 26.4 Å². The molecule has 0 aliphatic carbocycles. The highest BCUT2D eigenvalue weighted by Crippen LogP contribution is 2.37. The van der Waals surface area contributed by atoms with Crippen molar-refractivity contribution in [2.75, 3.05) is 44.9 Å². The summed E-state index contributed by atoms with van der Waals surface area (Å²) in [7, 11) is 1.53. The average Bonchev–Trinajstić information content (AvgIpc) is 3.11. The van der Waals surface area contributed by atoms with Crippen molar-refractivity contribution < 1.29 is 23.8 Å². The quantitative estimate of drug-likeness (QED) is 0.474. The third kappa shape index (κ3) is 4.95. The Kier molecular flexibility index (Phi) is 7.09. The molecule has 2 aromatic rings. The van der Waals surface area contributed by atoms with Crippen molar-refractivity contribution in [1.29, 1.82) is 0 Å². The predicted octanol–water partition coefficient (Wildman–Crippen LogP) is 3.34. The van der Waals surface area contributed by atoms with Crippen LogP contribution in [0.3, 0.4) is 0 Å². The Balaban J connectivity index is 1.46. The minimum atomic E-state index is -0.165. The second kappa shape index (κ2) is 10.2. The zero-order valence-electron chi connectivity index (χ0n) is 17.5. The van der Waals surface area contributed by atoms with E-state index in [9.17, 15) is 9.59 Å². The number of thiocarbonyl (C=S) groups is 1. The van der Waals surface area contributed by atoms with Crippen LogP contribution in [0.25, 0.3) is 6.08 Å². The molecule has 2 aromatic carbocycles. The second-order valence-electron chi connectivity index (χ2n) is 7.04. The number of methoxy groups -OCH3 is 1. The summed E-state index contributed by atoms with van der Waals surface area (Å²) in [6.45, 7) is 2.14. The van der Waals surface area contributed by atoms with Crippen LogP contribution in [0.4, 0.5) is 5.69 Å². The van der Waals surface area contributed by atoms with Crippen molar-refractivity contribution in [1.82, 2.24) is 4.90 Å². The lowest BCUT2D eigenvalue weighted by Gasteiger charge is -2.26. The van der Waals surface area contributed by atoms with Crippen LogP contribution in [0, 0.1) is 0 Å². The first-order valence-electron chi connectivity index (χ1n) is 10.1. The first kappa shape index (κ1) is 22.3. The van der Waals surface area contributed by atoms with Crippen LogP contribution >= 0.6 is 24.0 Å². The number of carbonyl (C=O) groups excluding carboxylic acids is 2. The Hall–Kier alpha value is -2.88. The fourth-order valence-corrected chi connectivity index (χ4v) is 4.65. The first-order valence-corrected chi connectivity index (χ1v) is 11.3. The van der Waals surface area contributed by atoms with Crippen molar-refractivity contribution in [3.63, 3.8) is 0 Å². The molecule has 0 spiro atoms. The molecule has 7 nitrogen and oxygen atoms in total. The Labute approximate surface area is 195 Å². The van der Waals surface area contributed by atoms with E-state index < -0.39 is 0 Å². The van der Waals surface area contributed by atoms with Crippen LogP contribution in [0.1, 0.15) is 5.56 Å². The third-order valence-electron chi connectivity index (χ3n) is 5.01. The molecular weight excluding hydrogens is 448 g/mol. The van der Waals surface area contributed by atoms with Gasteiger partial charge in [0.2, 0.25) is 0 Å². The van der Waals surface area contributed by atoms with Gasteiger partial charge in [-0.1, -0.05) is 48.2 Å². The van der Waals surface area contributed by atoms with E-state index in [1.807, 2.05) is 36.4 Å². The lowest BCUT2D eigenvalue weighted by atomic mass is 10.2. The highest BCUT2D eigenvalue weighted by atomic mass is 32.2. The molecule has 2 fully saturated rings. The summed E-state index contributed by atoms with van der Waals surface area (Å²) in [4.78, 5) is 29.0. The molecule has 0 atom stereocenters. The van der Waals surface area contributed by atoms with Gasteiger partial charge in [0, 0.05) is 13.1 Å². The summed E-state index contributed by atoms with van der Waals surface area (Å²) in [6.07, 6.45) is 1.77. The summed E-state index contributed by atoms with van der Waals surface area (Å²) in [5, 5.41) is 0. The Morgan fingerprint density at radius 3 is 2.62 bits per heavy atom. The van der Waals surface area contributed by atoms with E-state index in [0.717, 1.165) is 11.3 Å². The molecule has 2 amide bonds. The van der Waals surface area contributed by atoms with Gasteiger partial charge < -0.3 is 19.1 Å². The summed E-state index contributed by atoms with van der Waals surface area (Å²) < 4.78 is 16.9. The molecule has 4 rings (SSSR count). The van der Waals surface area contributed by atoms with Gasteiger partial charge in [-0.05, 0) is 35.9 Å². The van der Waals surface area contributed by atoms with Crippen molar-refractivity contribution in [3.8, 4) is 11.5 Å². The number of anilines is 1. The van der Waals surface area contributed by atoms with Gasteiger partial charge in [-0.15, -0.1) is 0 Å². The maximum atomic E-state index is 12.9. The van der Waals surface area contributed by atoms with E-state index >= 15 is 0 Å². The van der Waals surface area contributed by atoms with Crippen molar-refractivity contribution in [2.45, 2.75) is 0 Å². The standard InChI is InChI=1S/C23H22N2O5S2/c1-28-19-13-16(7-8-18(19)30-15-21(26)24-9-11-29-12-10-24)14-20-22(27)25(23(31)32-20)17-5-3-2-4-6-17/h2-8,13-14H,9-12,15H2,1H3. The van der Waals surface area contributed by atoms with Crippen molar-refractivity contribution >= 4 is 51.9 Å². The van der Waals surface area contributed by atoms with Gasteiger partial charge in [-0.25, -0.2) is 0 Å². The van der Waals surface area contributed by atoms with Crippen molar-refractivity contribution in [3.05, 3.63) is 59.0 Å². The summed E-state index contributed by atoms with van der Waals surface area (Å²) in [5.74, 6) is 0.681. The monoisotopic (exact) mass is 470 g/mol. The largest absolute Gasteiger partial charge is 0.493 e. The van der Waals surface area contributed by atoms with Gasteiger partial charge in [0.1, 0.15) is 0 Å². The zero-order chi connectivity index (χ0) is 22.5. The van der Waals surface area contributed by atoms with E-state index in [1.165, 1.54) is 23.8 Å². The summed E-state index contributed by atoms with van der Waals surface area (Å²) in [6, 6.07) is 14.6. The van der Waals surface area contributed by atoms with Gasteiger partial charge in [0.05, 0.1) is 30.9 Å². The predicted molar refractivity (Wildman–Crippen MR) is 128 cm³/mol. The minimum absolute atomic E-state index is 0.0779. The molecule has 0 saturated carbocycles. The zero-order valence-corrected chi connectivity index (χ0v) is 19.1. The average molecular weight is 471 g/mol. The summed E-state index contributed by atoms with van der Waals surface area (Å²) in [5.41, 5.74) is 1.51. The molecule has 2 aliphatic rings. The molecule has 0 radical (unpaired) electrons. The number of amides is 2. The molecule has 2 heterocycles. The van der Waals surface area contributed by atoms with Crippen LogP contribution in [0.15, 0.2) is 53.4 Å². The number of ether oxygens (including phenoxy) is 3. The normalized spacial score (nSPS) is 17.7. The minimum Gasteiger partial charge on any atom is -0.493 e.